The fourth-order valence-corrected chi connectivity index (χ4v) is 6.92. The molecule has 9 nitrogen and oxygen atoms in total. The summed E-state index contributed by atoms with van der Waals surface area (Å²) >= 11 is 12.9. The number of ketones is 1. The van der Waals surface area contributed by atoms with Gasteiger partial charge < -0.3 is 10.6 Å². The molecule has 1 aliphatic rings. The molecule has 1 atom stereocenters. The Labute approximate surface area is 307 Å². The summed E-state index contributed by atoms with van der Waals surface area (Å²) in [6.07, 6.45) is 5.34. The predicted octanol–water partition coefficient (Wildman–Crippen LogP) is 9.75. The molecule has 0 unspecified atom stereocenters. The van der Waals surface area contributed by atoms with Crippen molar-refractivity contribution < 1.29 is 9.18 Å². The van der Waals surface area contributed by atoms with Gasteiger partial charge in [0.2, 0.25) is 0 Å². The van der Waals surface area contributed by atoms with Gasteiger partial charge in [-0.2, -0.15) is 5.26 Å². The third-order valence-corrected chi connectivity index (χ3v) is 9.90. The molecule has 0 aliphatic carbocycles. The first kappa shape index (κ1) is 36.2. The largest absolute Gasteiger partial charge is 0.373 e. The third kappa shape index (κ3) is 7.86. The molecule has 1 saturated heterocycles. The van der Waals surface area contributed by atoms with E-state index in [0.717, 1.165) is 31.5 Å². The lowest BCUT2D eigenvalue weighted by atomic mass is 9.85. The van der Waals surface area contributed by atoms with Gasteiger partial charge in [-0.1, -0.05) is 67.4 Å². The molecule has 0 saturated carbocycles. The van der Waals surface area contributed by atoms with E-state index >= 15 is 0 Å². The highest BCUT2D eigenvalue weighted by molar-refractivity contribution is 6.36. The third-order valence-electron chi connectivity index (χ3n) is 9.32. The zero-order chi connectivity index (χ0) is 36.7. The monoisotopic (exact) mass is 726 g/mol. The maximum atomic E-state index is 14.0. The number of carbonyl (C=O) groups is 1. The van der Waals surface area contributed by atoms with E-state index in [9.17, 15) is 14.4 Å². The summed E-state index contributed by atoms with van der Waals surface area (Å²) in [6, 6.07) is 17.3. The Kier molecular flexibility index (Phi) is 10.1. The summed E-state index contributed by atoms with van der Waals surface area (Å²) in [5, 5.41) is 27.0. The molecule has 264 valence electrons. The molecule has 3 heterocycles. The lowest BCUT2D eigenvalue weighted by molar-refractivity contribution is 0.0857. The molecule has 3 aromatic carbocycles. The van der Waals surface area contributed by atoms with Gasteiger partial charge in [-0.25, -0.2) is 9.07 Å². The van der Waals surface area contributed by atoms with Crippen molar-refractivity contribution in [2.75, 3.05) is 23.7 Å². The van der Waals surface area contributed by atoms with Crippen LogP contribution in [0.5, 0.6) is 0 Å². The molecular weight excluding hydrogens is 686 g/mol. The molecular formula is C39H41Cl2FN8O. The Hall–Kier alpha value is -4.56. The summed E-state index contributed by atoms with van der Waals surface area (Å²) in [5.41, 5.74) is 3.91. The number of nitriles is 1. The number of likely N-dealkylation sites (tertiary alicyclic amines) is 1. The normalized spacial score (nSPS) is 15.1. The smallest absolute Gasteiger partial charge is 0.168 e. The maximum absolute atomic E-state index is 14.0. The van der Waals surface area contributed by atoms with Crippen molar-refractivity contribution in [2.24, 2.45) is 5.41 Å². The Morgan fingerprint density at radius 1 is 1.00 bits per heavy atom. The van der Waals surface area contributed by atoms with Crippen molar-refractivity contribution in [2.45, 2.75) is 72.0 Å². The number of rotatable bonds is 8. The van der Waals surface area contributed by atoms with Crippen molar-refractivity contribution in [3.8, 4) is 6.07 Å². The van der Waals surface area contributed by atoms with Crippen LogP contribution < -0.4 is 10.6 Å². The minimum Gasteiger partial charge on any atom is -0.373 e. The minimum absolute atomic E-state index is 0.0258. The zero-order valence-corrected chi connectivity index (χ0v) is 31.1. The quantitative estimate of drug-likeness (QED) is 0.152. The van der Waals surface area contributed by atoms with Crippen LogP contribution in [0.4, 0.5) is 21.5 Å². The van der Waals surface area contributed by atoms with E-state index in [1.54, 1.807) is 6.07 Å². The van der Waals surface area contributed by atoms with E-state index in [1.807, 2.05) is 62.0 Å². The number of carbonyl (C=O) groups excluding carboxylic acids is 1. The molecule has 2 N–H and O–H groups in total. The van der Waals surface area contributed by atoms with Gasteiger partial charge in [-0.15, -0.1) is 5.10 Å². The molecule has 1 fully saturated rings. The second-order valence-corrected chi connectivity index (χ2v) is 15.9. The van der Waals surface area contributed by atoms with Gasteiger partial charge in [-0.3, -0.25) is 14.7 Å². The van der Waals surface area contributed by atoms with Crippen LogP contribution in [0.3, 0.4) is 0 Å². The molecule has 5 aromatic rings. The number of anilines is 3. The van der Waals surface area contributed by atoms with Gasteiger partial charge in [0.1, 0.15) is 17.6 Å². The van der Waals surface area contributed by atoms with Crippen molar-refractivity contribution in [3.63, 3.8) is 0 Å². The highest BCUT2D eigenvalue weighted by Crippen LogP contribution is 2.38. The zero-order valence-electron chi connectivity index (χ0n) is 29.6. The van der Waals surface area contributed by atoms with Crippen LogP contribution >= 0.6 is 23.2 Å². The summed E-state index contributed by atoms with van der Waals surface area (Å²) in [5.74, 6) is -0.527. The number of benzene rings is 3. The van der Waals surface area contributed by atoms with Crippen molar-refractivity contribution in [1.82, 2.24) is 24.9 Å². The SMILES string of the molecule is CC(C)(C)C(=O)c1cccc([C@H](Nc2cc(Cl)c3ncc(C#N)c(Nc4ccc(F)c(Cl)c4)c3c2)c2cn(C3CCN(C(C)(C)C)CC3)nn2)c1. The van der Waals surface area contributed by atoms with Gasteiger partial charge in [0.15, 0.2) is 5.78 Å². The number of hydrogen-bond acceptors (Lipinski definition) is 8. The lowest BCUT2D eigenvalue weighted by Crippen LogP contribution is -2.46. The topological polar surface area (TPSA) is 112 Å². The van der Waals surface area contributed by atoms with Crippen LogP contribution in [0.25, 0.3) is 10.9 Å². The summed E-state index contributed by atoms with van der Waals surface area (Å²) in [6.45, 7) is 14.4. The fraction of sp³-hybridized carbons (Fsp3) is 0.359. The molecule has 0 bridgehead atoms. The molecule has 0 spiro atoms. The molecule has 0 radical (unpaired) electrons. The Morgan fingerprint density at radius 2 is 1.73 bits per heavy atom. The molecule has 2 aromatic heterocycles. The van der Waals surface area contributed by atoms with Gasteiger partial charge in [-0.05, 0) is 75.6 Å². The van der Waals surface area contributed by atoms with E-state index in [1.165, 1.54) is 24.4 Å². The van der Waals surface area contributed by atoms with Crippen LogP contribution in [-0.2, 0) is 0 Å². The molecule has 6 rings (SSSR count). The van der Waals surface area contributed by atoms with Crippen molar-refractivity contribution in [3.05, 3.63) is 105 Å². The van der Waals surface area contributed by atoms with E-state index in [0.29, 0.717) is 44.2 Å². The first-order valence-corrected chi connectivity index (χ1v) is 17.7. The number of Topliss-reactive ketones (excluding diaryl/α,β-unsaturated/α-hetero) is 1. The second kappa shape index (κ2) is 14.2. The predicted molar refractivity (Wildman–Crippen MR) is 201 cm³/mol. The lowest BCUT2D eigenvalue weighted by Gasteiger charge is -2.40. The Balaban J connectivity index is 1.41. The molecule has 0 amide bonds. The van der Waals surface area contributed by atoms with Gasteiger partial charge >= 0.3 is 0 Å². The highest BCUT2D eigenvalue weighted by atomic mass is 35.5. The second-order valence-electron chi connectivity index (χ2n) is 15.1. The molecule has 12 heteroatoms. The summed E-state index contributed by atoms with van der Waals surface area (Å²) in [7, 11) is 0. The number of halogens is 3. The summed E-state index contributed by atoms with van der Waals surface area (Å²) in [4.78, 5) is 20.3. The van der Waals surface area contributed by atoms with E-state index < -0.39 is 17.3 Å². The fourth-order valence-electron chi connectivity index (χ4n) is 6.47. The van der Waals surface area contributed by atoms with Crippen molar-refractivity contribution in [1.29, 1.82) is 5.26 Å². The number of hydrogen-bond donors (Lipinski definition) is 2. The average Bonchev–Trinajstić information content (AvgIpc) is 3.58. The Bertz CT molecular complexity index is 2140. The average molecular weight is 728 g/mol. The minimum atomic E-state index is -0.567. The number of piperidine rings is 1. The molecule has 51 heavy (non-hydrogen) atoms. The Morgan fingerprint density at radius 3 is 2.39 bits per heavy atom. The van der Waals surface area contributed by atoms with Gasteiger partial charge in [0, 0.05) is 52.6 Å². The van der Waals surface area contributed by atoms with Crippen LogP contribution in [0, 0.1) is 22.6 Å². The highest BCUT2D eigenvalue weighted by Gasteiger charge is 2.30. The first-order chi connectivity index (χ1) is 24.1. The van der Waals surface area contributed by atoms with Gasteiger partial charge in [0.05, 0.1) is 45.1 Å². The van der Waals surface area contributed by atoms with Gasteiger partial charge in [0.25, 0.3) is 0 Å². The van der Waals surface area contributed by atoms with E-state index in [-0.39, 0.29) is 28.0 Å². The number of aromatic nitrogens is 4. The van der Waals surface area contributed by atoms with Crippen LogP contribution in [0.1, 0.15) is 93.6 Å². The van der Waals surface area contributed by atoms with Crippen LogP contribution in [0.15, 0.2) is 67.0 Å². The van der Waals surface area contributed by atoms with Crippen LogP contribution in [-0.4, -0.2) is 49.3 Å². The number of pyridine rings is 1. The van der Waals surface area contributed by atoms with E-state index in [4.69, 9.17) is 23.2 Å². The maximum Gasteiger partial charge on any atom is 0.168 e. The molecule has 1 aliphatic heterocycles. The number of nitrogens with one attached hydrogen (secondary N) is 2. The standard InChI is InChI=1S/C39H41Cl2FN8O/c1-38(2,3)37(51)24-9-7-8-23(16-24)35(33-22-50(48-47-33)28-12-14-49(15-13-28)39(4,5)6)46-27-17-29-34(45-26-10-11-32(42)30(40)18-26)25(20-43)21-44-36(29)31(41)19-27/h7-11,16-19,21-22,28,35,46H,12-15H2,1-6H3,(H,44,45)/t35-/m0/s1. The van der Waals surface area contributed by atoms with Crippen molar-refractivity contribution >= 4 is 57.0 Å². The number of nitrogens with zero attached hydrogens (tertiary/aromatic N) is 6. The van der Waals surface area contributed by atoms with Crippen LogP contribution in [0.2, 0.25) is 10.0 Å². The number of fused-ring (bicyclic) bond motifs is 1. The van der Waals surface area contributed by atoms with E-state index in [2.05, 4.69) is 57.7 Å². The first-order valence-electron chi connectivity index (χ1n) is 16.9. The summed E-state index contributed by atoms with van der Waals surface area (Å²) < 4.78 is 15.9.